The van der Waals surface area contributed by atoms with Gasteiger partial charge in [-0.25, -0.2) is 0 Å². The second-order valence-corrected chi connectivity index (χ2v) is 24.7. The first-order valence-corrected chi connectivity index (χ1v) is 30.9. The summed E-state index contributed by atoms with van der Waals surface area (Å²) in [4.78, 5) is 3.57. The fraction of sp³-hybridized carbons (Fsp3) is 0.229. The molecular weight excluding hydrogens is 1120 g/mol. The van der Waals surface area contributed by atoms with Crippen LogP contribution >= 0.6 is 0 Å². The molecule has 16 heteroatoms. The van der Waals surface area contributed by atoms with Crippen molar-refractivity contribution in [2.24, 2.45) is 8.80 Å². The van der Waals surface area contributed by atoms with Gasteiger partial charge in [0.05, 0.1) is 24.0 Å². The van der Waals surface area contributed by atoms with Gasteiger partial charge in [0.1, 0.15) is 36.2 Å². The molecule has 0 radical (unpaired) electrons. The van der Waals surface area contributed by atoms with E-state index in [0.29, 0.717) is 92.5 Å². The summed E-state index contributed by atoms with van der Waals surface area (Å²) in [5, 5.41) is 30.4. The van der Waals surface area contributed by atoms with Gasteiger partial charge in [0.15, 0.2) is 0 Å². The third kappa shape index (κ3) is 13.4. The molecule has 444 valence electrons. The molecular formula is C70H70N4O10S2-2. The van der Waals surface area contributed by atoms with Gasteiger partial charge in [0.25, 0.3) is 20.0 Å². The molecule has 0 fully saturated rings. The highest BCUT2D eigenvalue weighted by molar-refractivity contribution is 7.90. The van der Waals surface area contributed by atoms with E-state index in [9.17, 15) is 27.0 Å². The van der Waals surface area contributed by atoms with Gasteiger partial charge in [-0.15, -0.1) is 26.3 Å². The van der Waals surface area contributed by atoms with E-state index in [4.69, 9.17) is 18.9 Å². The Balaban J connectivity index is 1.20. The number of allylic oxidation sites excluding steroid dienone is 4. The monoisotopic (exact) mass is 1190 g/mol. The number of fused-ring (bicyclic) bond motifs is 10. The molecule has 0 aliphatic heterocycles. The number of ether oxygens (including phenoxy) is 4. The number of hydrogen-bond donors (Lipinski definition) is 0. The maximum absolute atomic E-state index is 14.1. The maximum atomic E-state index is 14.1. The van der Waals surface area contributed by atoms with Crippen molar-refractivity contribution in [2.45, 2.75) is 61.2 Å². The Bertz CT molecular complexity index is 3890. The number of anilines is 2. The molecule has 0 atom stereocenters. The molecule has 0 aromatic heterocycles. The minimum absolute atomic E-state index is 0.104. The summed E-state index contributed by atoms with van der Waals surface area (Å²) in [5.74, 6) is -0.208. The van der Waals surface area contributed by atoms with Crippen LogP contribution in [0.3, 0.4) is 0 Å². The molecule has 1 aliphatic carbocycles. The normalized spacial score (nSPS) is 12.8. The molecule has 0 heterocycles. The van der Waals surface area contributed by atoms with Crippen molar-refractivity contribution in [1.82, 2.24) is 0 Å². The van der Waals surface area contributed by atoms with Crippen LogP contribution in [0.15, 0.2) is 191 Å². The first-order chi connectivity index (χ1) is 41.3. The highest BCUT2D eigenvalue weighted by Gasteiger charge is 2.26. The largest absolute Gasteiger partial charge is 0.859 e. The zero-order valence-corrected chi connectivity index (χ0v) is 51.1. The van der Waals surface area contributed by atoms with Crippen LogP contribution in [0.1, 0.15) is 66.8 Å². The van der Waals surface area contributed by atoms with E-state index in [-0.39, 0.29) is 35.5 Å². The average molecular weight is 1190 g/mol. The van der Waals surface area contributed by atoms with Gasteiger partial charge in [-0.05, 0) is 117 Å². The molecule has 0 saturated carbocycles. The first kappa shape index (κ1) is 61.4. The first-order valence-electron chi connectivity index (χ1n) is 28.1. The van der Waals surface area contributed by atoms with Crippen molar-refractivity contribution in [3.05, 3.63) is 239 Å². The van der Waals surface area contributed by atoms with Crippen LogP contribution in [0.4, 0.5) is 11.4 Å². The van der Waals surface area contributed by atoms with Crippen molar-refractivity contribution in [1.29, 1.82) is 0 Å². The van der Waals surface area contributed by atoms with Gasteiger partial charge in [-0.2, -0.15) is 25.6 Å². The lowest BCUT2D eigenvalue weighted by atomic mass is 9.87. The standard InChI is InChI=1S/C70H72N4O10S2/c1-11-19-45-31-49-39-53-35-47(21-13-3)37-55(69(53)83-43-65(75)71-85(77,78)63-29-17-23-57-59(63)25-15-27-61(57)73(5)6)41-51-33-46(20-12-2)34-52(68(51)82-10)42-56-38-48(22-14-4)36-54(40-50(32-45)67(49)81-9)70(56)84-44-66(76)72-86(79,80)64-30-18-24-58-60(64)26-16-28-62(58)74(7)8/h11-18,23-38H,1-4,19-22,39-44H2,5-10H3,(H,71,75)(H,72,76)/p-2. The lowest BCUT2D eigenvalue weighted by Gasteiger charge is -2.25. The van der Waals surface area contributed by atoms with Crippen LogP contribution in [-0.2, 0) is 71.4 Å². The van der Waals surface area contributed by atoms with Crippen LogP contribution in [0.2, 0.25) is 0 Å². The van der Waals surface area contributed by atoms with Gasteiger partial charge in [-0.1, -0.05) is 121 Å². The minimum atomic E-state index is -4.53. The third-order valence-corrected chi connectivity index (χ3v) is 17.7. The Kier molecular flexibility index (Phi) is 18.9. The zero-order chi connectivity index (χ0) is 61.5. The minimum Gasteiger partial charge on any atom is -0.859 e. The molecule has 9 rings (SSSR count). The van der Waals surface area contributed by atoms with Gasteiger partial charge < -0.3 is 39.0 Å². The van der Waals surface area contributed by atoms with Gasteiger partial charge in [-0.3, -0.25) is 0 Å². The summed E-state index contributed by atoms with van der Waals surface area (Å²) in [6.07, 6.45) is 10.0. The fourth-order valence-electron chi connectivity index (χ4n) is 11.7. The van der Waals surface area contributed by atoms with Gasteiger partial charge in [0, 0.05) is 98.6 Å². The predicted octanol–water partition coefficient (Wildman–Crippen LogP) is 10.8. The number of rotatable bonds is 22. The lowest BCUT2D eigenvalue weighted by molar-refractivity contribution is -0.220. The molecule has 8 bridgehead atoms. The Morgan fingerprint density at radius 1 is 0.442 bits per heavy atom. The van der Waals surface area contributed by atoms with Gasteiger partial charge >= 0.3 is 0 Å². The quantitative estimate of drug-likeness (QED) is 0.0356. The average Bonchev–Trinajstić information content (AvgIpc) is 1.68. The summed E-state index contributed by atoms with van der Waals surface area (Å²) < 4.78 is 90.3. The second kappa shape index (κ2) is 26.4. The highest BCUT2D eigenvalue weighted by atomic mass is 32.2. The second-order valence-electron chi connectivity index (χ2n) is 21.6. The highest BCUT2D eigenvalue weighted by Crippen LogP contribution is 2.42. The Morgan fingerprint density at radius 2 is 0.709 bits per heavy atom. The molecule has 8 aromatic rings. The molecule has 0 N–H and O–H groups in total. The van der Waals surface area contributed by atoms with E-state index in [0.717, 1.165) is 55.9 Å². The molecule has 8 aromatic carbocycles. The molecule has 86 heavy (non-hydrogen) atoms. The van der Waals surface area contributed by atoms with Crippen molar-refractivity contribution < 1.29 is 46.0 Å². The number of methoxy groups -OCH3 is 2. The lowest BCUT2D eigenvalue weighted by Crippen LogP contribution is -2.27. The maximum Gasteiger partial charge on any atom is 0.282 e. The van der Waals surface area contributed by atoms with Crippen molar-refractivity contribution in [3.63, 3.8) is 0 Å². The van der Waals surface area contributed by atoms with E-state index in [1.165, 1.54) is 12.1 Å². The molecule has 0 unspecified atom stereocenters. The summed E-state index contributed by atoms with van der Waals surface area (Å²) in [6, 6.07) is 36.7. The number of benzene rings is 8. The van der Waals surface area contributed by atoms with Crippen molar-refractivity contribution in [2.75, 3.05) is 65.4 Å². The van der Waals surface area contributed by atoms with Gasteiger partial charge in [0.2, 0.25) is 0 Å². The van der Waals surface area contributed by atoms with E-state index >= 15 is 0 Å². The SMILES string of the molecule is C=CCc1cc2c(OC)c(c1)Cc1cc(CC=C)cc(c1OCC([O-])=NS(=O)(=O)c1cccc3c(N(C)C)cccc13)Cc1cc(CC=C)cc(c1OC)Cc1cc(CC=C)cc(c1OCC([O-])=NS(=O)(=O)c1cccc3c(N(C)C)cccc13)C2. The third-order valence-electron chi connectivity index (χ3n) is 15.0. The number of nitrogens with zero attached hydrogens (tertiary/aromatic N) is 4. The van der Waals surface area contributed by atoms with E-state index in [1.807, 2.05) is 135 Å². The fourth-order valence-corrected chi connectivity index (χ4v) is 13.9. The Hall–Kier alpha value is -9.12. The topological polar surface area (TPSA) is 183 Å². The summed E-state index contributed by atoms with van der Waals surface area (Å²) in [7, 11) is 1.62. The summed E-state index contributed by atoms with van der Waals surface area (Å²) in [5.41, 5.74) is 11.0. The number of sulfonamides is 2. The molecule has 0 saturated heterocycles. The van der Waals surface area contributed by atoms with Crippen molar-refractivity contribution in [3.8, 4) is 23.0 Å². The molecule has 1 aliphatic rings. The smallest absolute Gasteiger partial charge is 0.282 e. The molecule has 0 amide bonds. The predicted molar refractivity (Wildman–Crippen MR) is 342 cm³/mol. The molecule has 0 spiro atoms. The Labute approximate surface area is 505 Å². The van der Waals surface area contributed by atoms with Crippen molar-refractivity contribution >= 4 is 64.8 Å². The zero-order valence-electron chi connectivity index (χ0n) is 49.4. The Morgan fingerprint density at radius 3 is 0.977 bits per heavy atom. The van der Waals surface area contributed by atoms with Crippen LogP contribution < -0.4 is 39.0 Å². The van der Waals surface area contributed by atoms with Crippen LogP contribution in [0.5, 0.6) is 23.0 Å². The van der Waals surface area contributed by atoms with E-state index in [1.54, 1.807) is 50.6 Å². The van der Waals surface area contributed by atoms with Crippen LogP contribution in [0.25, 0.3) is 21.5 Å². The molecule has 14 nitrogen and oxygen atoms in total. The van der Waals surface area contributed by atoms with E-state index < -0.39 is 45.1 Å². The summed E-state index contributed by atoms with van der Waals surface area (Å²) >= 11 is 0. The van der Waals surface area contributed by atoms with E-state index in [2.05, 4.69) is 35.1 Å². The number of hydrogen-bond acceptors (Lipinski definition) is 12. The van der Waals surface area contributed by atoms with Crippen LogP contribution in [-0.4, -0.2) is 84.3 Å². The summed E-state index contributed by atoms with van der Waals surface area (Å²) in [6.45, 7) is 14.9. The van der Waals surface area contributed by atoms with Crippen LogP contribution in [0, 0.1) is 0 Å².